The summed E-state index contributed by atoms with van der Waals surface area (Å²) in [5.41, 5.74) is 0. The third-order valence-electron chi connectivity index (χ3n) is 0.488. The second kappa shape index (κ2) is 7.63. The predicted molar refractivity (Wildman–Crippen MR) is 51.3 cm³/mol. The molecule has 0 saturated carbocycles. The van der Waals surface area contributed by atoms with Crippen molar-refractivity contribution in [1.82, 2.24) is 3.71 Å². The summed E-state index contributed by atoms with van der Waals surface area (Å²) in [6.45, 7) is 3.52. The monoisotopic (exact) mass is 289 g/mol. The summed E-state index contributed by atoms with van der Waals surface area (Å²) in [5.74, 6) is 0. The van der Waals surface area contributed by atoms with Gasteiger partial charge in [0.25, 0.3) is 0 Å². The molecule has 1 amide bonds. The zero-order valence-electron chi connectivity index (χ0n) is 5.36. The fraction of sp³-hybridized carbons (Fsp3) is 0.250. The van der Waals surface area contributed by atoms with Gasteiger partial charge in [0, 0.05) is 0 Å². The molecule has 0 aromatic carbocycles. The van der Waals surface area contributed by atoms with E-state index in [0.717, 1.165) is 3.71 Å². The number of rotatable bonds is 2. The van der Waals surface area contributed by atoms with Crippen LogP contribution in [-0.4, -0.2) is 40.8 Å². The first-order valence-corrected chi connectivity index (χ1v) is 2.94. The summed E-state index contributed by atoms with van der Waals surface area (Å²) in [6, 6.07) is 0. The molecule has 0 N–H and O–H groups in total. The Kier molecular flexibility index (Phi) is 10.0. The van der Waals surface area contributed by atoms with Crippen molar-refractivity contribution in [3.63, 3.8) is 0 Å². The molecule has 60 valence electrons. The molecule has 0 saturated heterocycles. The Balaban J connectivity index is 0. The van der Waals surface area contributed by atoms with Gasteiger partial charge in [0.1, 0.15) is 6.61 Å². The van der Waals surface area contributed by atoms with Gasteiger partial charge in [0.2, 0.25) is 0 Å². The number of thiol groups is 2. The number of amides is 1. The minimum absolute atomic E-state index is 0. The van der Waals surface area contributed by atoms with E-state index in [9.17, 15) is 4.79 Å². The first kappa shape index (κ1) is 13.1. The minimum atomic E-state index is -0.610. The van der Waals surface area contributed by atoms with Gasteiger partial charge >= 0.3 is 30.5 Å². The van der Waals surface area contributed by atoms with E-state index in [1.54, 1.807) is 0 Å². The number of ether oxygens (including phenoxy) is 1. The van der Waals surface area contributed by atoms with Gasteiger partial charge in [-0.25, -0.2) is 4.79 Å². The van der Waals surface area contributed by atoms with Crippen molar-refractivity contribution >= 4 is 56.2 Å². The molecule has 0 fully saturated rings. The average molecular weight is 290 g/mol. The summed E-state index contributed by atoms with van der Waals surface area (Å²) in [7, 11) is 0. The van der Waals surface area contributed by atoms with E-state index in [0.29, 0.717) is 0 Å². The van der Waals surface area contributed by atoms with Crippen molar-refractivity contribution in [3.05, 3.63) is 12.7 Å². The number of nitrogens with zero attached hydrogens (tertiary/aromatic N) is 1. The zero-order valence-corrected chi connectivity index (χ0v) is 11.2. The topological polar surface area (TPSA) is 29.5 Å². The van der Waals surface area contributed by atoms with Gasteiger partial charge in [-0.1, -0.05) is 12.7 Å². The van der Waals surface area contributed by atoms with Crippen LogP contribution in [0.1, 0.15) is 0 Å². The molecule has 0 unspecified atom stereocenters. The molecular formula is C4H10NO2S2Sb. The van der Waals surface area contributed by atoms with Crippen molar-refractivity contribution in [1.29, 1.82) is 0 Å². The number of hydrogen-bond donors (Lipinski definition) is 2. The van der Waals surface area contributed by atoms with Crippen LogP contribution in [0.4, 0.5) is 4.79 Å². The number of hydrogen-bond acceptors (Lipinski definition) is 4. The molecule has 0 aliphatic rings. The predicted octanol–water partition coefficient (Wildman–Crippen LogP) is 0.117. The molecule has 10 heavy (non-hydrogen) atoms. The van der Waals surface area contributed by atoms with Crippen molar-refractivity contribution in [3.8, 4) is 0 Å². The molecule has 0 spiro atoms. The van der Waals surface area contributed by atoms with Gasteiger partial charge in [0.15, 0.2) is 0 Å². The fourth-order valence-corrected chi connectivity index (χ4v) is 0.303. The standard InChI is InChI=1S/C4H7NO2S2.Sb.3H/c1-2-3-7-4(6)5(8)9;;;;/h2,8-9H,1,3H2;;;;. The van der Waals surface area contributed by atoms with E-state index < -0.39 is 6.09 Å². The van der Waals surface area contributed by atoms with Crippen molar-refractivity contribution in [2.45, 2.75) is 0 Å². The third-order valence-corrected chi connectivity index (χ3v) is 0.815. The van der Waals surface area contributed by atoms with Gasteiger partial charge < -0.3 is 4.74 Å². The SMILES string of the molecule is C=CCOC(=O)N(S)S.[SbH3]. The molecule has 0 atom stereocenters. The maximum atomic E-state index is 10.4. The summed E-state index contributed by atoms with van der Waals surface area (Å²) in [6.07, 6.45) is 0.852. The molecule has 0 aromatic heterocycles. The Bertz CT molecular complexity index is 120. The van der Waals surface area contributed by atoms with Gasteiger partial charge in [-0.3, -0.25) is 0 Å². The molecular weight excluding hydrogens is 280 g/mol. The molecule has 0 radical (unpaired) electrons. The third kappa shape index (κ3) is 6.65. The van der Waals surface area contributed by atoms with E-state index in [4.69, 9.17) is 0 Å². The molecule has 0 bridgehead atoms. The normalized spacial score (nSPS) is 7.40. The molecule has 0 heterocycles. The van der Waals surface area contributed by atoms with E-state index >= 15 is 0 Å². The summed E-state index contributed by atoms with van der Waals surface area (Å²) in [5, 5.41) is 0. The van der Waals surface area contributed by atoms with E-state index in [2.05, 4.69) is 36.9 Å². The van der Waals surface area contributed by atoms with Crippen LogP contribution in [0.2, 0.25) is 0 Å². The van der Waals surface area contributed by atoms with Crippen molar-refractivity contribution in [2.24, 2.45) is 0 Å². The van der Waals surface area contributed by atoms with Crippen molar-refractivity contribution in [2.75, 3.05) is 6.61 Å². The van der Waals surface area contributed by atoms with Gasteiger partial charge in [0.05, 0.1) is 0 Å². The number of carbonyl (C=O) groups excluding carboxylic acids is 1. The van der Waals surface area contributed by atoms with Gasteiger partial charge in [-0.15, -0.1) is 0 Å². The summed E-state index contributed by atoms with van der Waals surface area (Å²) >= 11 is 7.11. The van der Waals surface area contributed by atoms with Gasteiger partial charge in [-0.05, 0) is 25.6 Å². The molecule has 6 heteroatoms. The van der Waals surface area contributed by atoms with E-state index in [-0.39, 0.29) is 31.0 Å². The fourth-order valence-electron chi connectivity index (χ4n) is 0.188. The molecule has 0 rings (SSSR count). The van der Waals surface area contributed by atoms with Gasteiger partial charge in [-0.2, -0.15) is 3.71 Å². The molecule has 0 aliphatic heterocycles. The molecule has 0 aromatic rings. The van der Waals surface area contributed by atoms with Crippen LogP contribution in [-0.2, 0) is 4.74 Å². The summed E-state index contributed by atoms with van der Waals surface area (Å²) in [4.78, 5) is 10.4. The van der Waals surface area contributed by atoms with Crippen molar-refractivity contribution < 1.29 is 9.53 Å². The Hall–Kier alpha value is 0.528. The molecule has 3 nitrogen and oxygen atoms in total. The van der Waals surface area contributed by atoms with Crippen LogP contribution in [0.5, 0.6) is 0 Å². The van der Waals surface area contributed by atoms with Crippen LogP contribution in [0, 0.1) is 0 Å². The Morgan fingerprint density at radius 3 is 2.50 bits per heavy atom. The zero-order chi connectivity index (χ0) is 7.28. The Labute approximate surface area is 88.3 Å². The van der Waals surface area contributed by atoms with Crippen LogP contribution >= 0.6 is 25.6 Å². The second-order valence-corrected chi connectivity index (χ2v) is 2.27. The van der Waals surface area contributed by atoms with Crippen LogP contribution in [0.25, 0.3) is 0 Å². The number of carbonyl (C=O) groups is 1. The quantitative estimate of drug-likeness (QED) is 0.430. The Morgan fingerprint density at radius 2 is 2.20 bits per heavy atom. The van der Waals surface area contributed by atoms with Crippen LogP contribution in [0.3, 0.4) is 0 Å². The van der Waals surface area contributed by atoms with Crippen LogP contribution in [0.15, 0.2) is 12.7 Å². The second-order valence-electron chi connectivity index (χ2n) is 1.16. The molecule has 0 aliphatic carbocycles. The van der Waals surface area contributed by atoms with E-state index in [1.165, 1.54) is 6.08 Å². The Morgan fingerprint density at radius 1 is 1.70 bits per heavy atom. The van der Waals surface area contributed by atoms with E-state index in [1.807, 2.05) is 0 Å². The van der Waals surface area contributed by atoms with Crippen LogP contribution < -0.4 is 0 Å². The summed E-state index contributed by atoms with van der Waals surface area (Å²) < 4.78 is 5.22. The first-order valence-electron chi connectivity index (χ1n) is 2.14. The first-order chi connectivity index (χ1) is 4.18. The average Bonchev–Trinajstić information content (AvgIpc) is 1.82. The maximum absolute atomic E-state index is 10.4.